The molecule has 0 aliphatic carbocycles. The number of hydrogen-bond acceptors (Lipinski definition) is 4. The Morgan fingerprint density at radius 2 is 1.16 bits per heavy atom. The molecule has 0 atom stereocenters. The molecule has 4 rings (SSSR count). The Morgan fingerprint density at radius 1 is 0.680 bits per heavy atom. The van der Waals surface area contributed by atoms with Gasteiger partial charge in [0, 0.05) is 0 Å². The van der Waals surface area contributed by atoms with Gasteiger partial charge in [0.05, 0.1) is 20.4 Å². The number of nitrogens with one attached hydrogen (secondary N) is 2. The van der Waals surface area contributed by atoms with Gasteiger partial charge in [0.2, 0.25) is 0 Å². The Bertz CT molecular complexity index is 1040. The zero-order chi connectivity index (χ0) is 17.2. The number of unbranched alkanes of at least 4 members (excludes halogenated alkanes) is 2. The molecule has 2 aromatic heterocycles. The van der Waals surface area contributed by atoms with Crippen LogP contribution in [-0.2, 0) is 12.8 Å². The van der Waals surface area contributed by atoms with E-state index in [1.807, 2.05) is 0 Å². The number of aryl methyl sites for hydroxylation is 2. The number of aromatic amines is 2. The molecule has 6 heteroatoms. The first kappa shape index (κ1) is 17.1. The number of thiazole rings is 2. The molecule has 0 unspecified atom stereocenters. The number of hydrogen-bond donors (Lipinski definition) is 2. The summed E-state index contributed by atoms with van der Waals surface area (Å²) in [5.41, 5.74) is 5.13. The summed E-state index contributed by atoms with van der Waals surface area (Å²) in [5.74, 6) is 0. The second-order valence-electron chi connectivity index (χ2n) is 6.25. The summed E-state index contributed by atoms with van der Waals surface area (Å²) in [6, 6.07) is 13.3. The Labute approximate surface area is 164 Å². The molecule has 0 saturated heterocycles. The maximum Gasteiger partial charge on any atom is 0.159 e. The van der Waals surface area contributed by atoms with Gasteiger partial charge in [0.1, 0.15) is 0 Å². The topological polar surface area (TPSA) is 31.6 Å². The van der Waals surface area contributed by atoms with Crippen molar-refractivity contribution < 1.29 is 0 Å². The fraction of sp³-hybridized carbons (Fsp3) is 0.263. The molecule has 0 fully saturated rings. The van der Waals surface area contributed by atoms with Gasteiger partial charge in [0.25, 0.3) is 0 Å². The van der Waals surface area contributed by atoms with Gasteiger partial charge in [0.15, 0.2) is 7.91 Å². The van der Waals surface area contributed by atoms with E-state index in [0.717, 1.165) is 20.8 Å². The van der Waals surface area contributed by atoms with Gasteiger partial charge in [-0.15, -0.1) is 22.7 Å². The van der Waals surface area contributed by atoms with Gasteiger partial charge in [-0.3, -0.25) is 0 Å². The van der Waals surface area contributed by atoms with Crippen molar-refractivity contribution in [3.63, 3.8) is 0 Å². The lowest BCUT2D eigenvalue weighted by Crippen LogP contribution is -1.89. The van der Waals surface area contributed by atoms with E-state index in [1.165, 1.54) is 50.8 Å². The van der Waals surface area contributed by atoms with Crippen molar-refractivity contribution in [1.29, 1.82) is 0 Å². The molecule has 4 aromatic rings. The predicted molar refractivity (Wildman–Crippen MR) is 115 cm³/mol. The van der Waals surface area contributed by atoms with Crippen LogP contribution in [0.1, 0.15) is 30.4 Å². The molecule has 0 saturated carbocycles. The quantitative estimate of drug-likeness (QED) is 0.264. The van der Waals surface area contributed by atoms with Gasteiger partial charge >= 0.3 is 0 Å². The van der Waals surface area contributed by atoms with Gasteiger partial charge in [-0.05, 0) is 85.5 Å². The van der Waals surface area contributed by atoms with Crippen LogP contribution in [0.3, 0.4) is 0 Å². The van der Waals surface area contributed by atoms with Crippen LogP contribution in [0.5, 0.6) is 0 Å². The maximum atomic E-state index is 5.21. The molecule has 0 amide bonds. The standard InChI is InChI=1S/C19H18N2S4/c22-18-20-14-10-12(6-8-16(14)24-18)4-2-1-3-5-13-7-9-17-15(11-13)21-19(23)25-17/h6-11H,1-5H2,(H,20,22)(H,21,23). The van der Waals surface area contributed by atoms with Crippen LogP contribution in [-0.4, -0.2) is 9.97 Å². The third-order valence-corrected chi connectivity index (χ3v) is 6.83. The Hall–Kier alpha value is -1.34. The highest BCUT2D eigenvalue weighted by Crippen LogP contribution is 2.23. The minimum absolute atomic E-state index is 0.857. The number of rotatable bonds is 6. The average molecular weight is 403 g/mol. The van der Waals surface area contributed by atoms with Gasteiger partial charge in [-0.1, -0.05) is 18.6 Å². The van der Waals surface area contributed by atoms with Crippen LogP contribution in [0.25, 0.3) is 20.4 Å². The fourth-order valence-electron chi connectivity index (χ4n) is 3.14. The summed E-state index contributed by atoms with van der Waals surface area (Å²) in [5, 5.41) is 0. The molecule has 0 aliphatic rings. The molecule has 2 N–H and O–H groups in total. The smallest absolute Gasteiger partial charge is 0.159 e. The number of aromatic nitrogens is 2. The SMILES string of the molecule is S=c1[nH]c2cc(CCCCCc3ccc4sc(=S)[nH]c4c3)ccc2s1. The lowest BCUT2D eigenvalue weighted by molar-refractivity contribution is 0.679. The number of benzene rings is 2. The van der Waals surface area contributed by atoms with Crippen molar-refractivity contribution >= 4 is 67.5 Å². The van der Waals surface area contributed by atoms with E-state index in [9.17, 15) is 0 Å². The number of fused-ring (bicyclic) bond motifs is 2. The Balaban J connectivity index is 1.29. The Morgan fingerprint density at radius 3 is 1.64 bits per heavy atom. The highest BCUT2D eigenvalue weighted by Gasteiger charge is 2.02. The largest absolute Gasteiger partial charge is 0.337 e. The predicted octanol–water partition coefficient (Wildman–Crippen LogP) is 7.19. The second-order valence-corrected chi connectivity index (χ2v) is 9.69. The van der Waals surface area contributed by atoms with Crippen molar-refractivity contribution in [3.8, 4) is 0 Å². The molecule has 0 spiro atoms. The normalized spacial score (nSPS) is 11.5. The molecular formula is C19H18N2S4. The van der Waals surface area contributed by atoms with Crippen LogP contribution >= 0.6 is 47.1 Å². The van der Waals surface area contributed by atoms with Crippen LogP contribution in [0.15, 0.2) is 36.4 Å². The van der Waals surface area contributed by atoms with Crippen molar-refractivity contribution in [2.24, 2.45) is 0 Å². The lowest BCUT2D eigenvalue weighted by Gasteiger charge is -2.04. The van der Waals surface area contributed by atoms with E-state index in [-0.39, 0.29) is 0 Å². The van der Waals surface area contributed by atoms with Crippen molar-refractivity contribution in [3.05, 3.63) is 55.4 Å². The average Bonchev–Trinajstić information content (AvgIpc) is 3.14. The summed E-state index contributed by atoms with van der Waals surface area (Å²) < 4.78 is 4.21. The van der Waals surface area contributed by atoms with Gasteiger partial charge in [-0.25, -0.2) is 0 Å². The summed E-state index contributed by atoms with van der Waals surface area (Å²) in [4.78, 5) is 6.52. The minimum atomic E-state index is 0.857. The van der Waals surface area contributed by atoms with E-state index in [1.54, 1.807) is 22.7 Å². The molecule has 2 heterocycles. The lowest BCUT2D eigenvalue weighted by atomic mass is 10.0. The van der Waals surface area contributed by atoms with Crippen LogP contribution in [0.2, 0.25) is 0 Å². The summed E-state index contributed by atoms with van der Waals surface area (Å²) >= 11 is 13.7. The highest BCUT2D eigenvalue weighted by atomic mass is 32.2. The molecule has 0 aliphatic heterocycles. The zero-order valence-electron chi connectivity index (χ0n) is 13.6. The monoisotopic (exact) mass is 402 g/mol. The van der Waals surface area contributed by atoms with Crippen LogP contribution in [0.4, 0.5) is 0 Å². The maximum absolute atomic E-state index is 5.21. The third kappa shape index (κ3) is 4.08. The van der Waals surface area contributed by atoms with Crippen molar-refractivity contribution in [2.45, 2.75) is 32.1 Å². The zero-order valence-corrected chi connectivity index (χ0v) is 16.9. The number of H-pyrrole nitrogens is 2. The highest BCUT2D eigenvalue weighted by molar-refractivity contribution is 7.74. The van der Waals surface area contributed by atoms with E-state index in [2.05, 4.69) is 46.4 Å². The molecule has 25 heavy (non-hydrogen) atoms. The van der Waals surface area contributed by atoms with E-state index in [4.69, 9.17) is 24.4 Å². The Kier molecular flexibility index (Phi) is 5.12. The first-order valence-corrected chi connectivity index (χ1v) is 10.9. The van der Waals surface area contributed by atoms with E-state index >= 15 is 0 Å². The first-order valence-electron chi connectivity index (χ1n) is 8.41. The molecule has 128 valence electrons. The molecule has 0 radical (unpaired) electrons. The van der Waals surface area contributed by atoms with E-state index in [0.29, 0.717) is 0 Å². The molecule has 2 nitrogen and oxygen atoms in total. The van der Waals surface area contributed by atoms with Crippen LogP contribution in [0, 0.1) is 7.91 Å². The summed E-state index contributed by atoms with van der Waals surface area (Å²) in [6.07, 6.45) is 5.94. The van der Waals surface area contributed by atoms with Gasteiger partial charge < -0.3 is 9.97 Å². The van der Waals surface area contributed by atoms with Crippen LogP contribution < -0.4 is 0 Å². The molecular weight excluding hydrogens is 384 g/mol. The first-order chi connectivity index (χ1) is 12.2. The summed E-state index contributed by atoms with van der Waals surface area (Å²) in [7, 11) is 0. The molecule has 0 bridgehead atoms. The van der Waals surface area contributed by atoms with E-state index < -0.39 is 0 Å². The molecule has 2 aromatic carbocycles. The second kappa shape index (κ2) is 7.50. The third-order valence-electron chi connectivity index (χ3n) is 4.40. The van der Waals surface area contributed by atoms with Gasteiger partial charge in [-0.2, -0.15) is 0 Å². The van der Waals surface area contributed by atoms with Crippen molar-refractivity contribution in [1.82, 2.24) is 9.97 Å². The fourth-order valence-corrected chi connectivity index (χ4v) is 5.34. The minimum Gasteiger partial charge on any atom is -0.337 e. The van der Waals surface area contributed by atoms with Crippen molar-refractivity contribution in [2.75, 3.05) is 0 Å². The summed E-state index contributed by atoms with van der Waals surface area (Å²) in [6.45, 7) is 0.